The van der Waals surface area contributed by atoms with E-state index in [1.165, 1.54) is 0 Å². The summed E-state index contributed by atoms with van der Waals surface area (Å²) in [6.45, 7) is 10.8. The molecular formula is C14H30N2O3. The van der Waals surface area contributed by atoms with Gasteiger partial charge in [-0.25, -0.2) is 0 Å². The summed E-state index contributed by atoms with van der Waals surface area (Å²) in [7, 11) is 0. The van der Waals surface area contributed by atoms with Gasteiger partial charge in [0.15, 0.2) is 0 Å². The van der Waals surface area contributed by atoms with E-state index < -0.39 is 6.10 Å². The van der Waals surface area contributed by atoms with Crippen molar-refractivity contribution in [1.29, 1.82) is 0 Å². The highest BCUT2D eigenvalue weighted by molar-refractivity contribution is 4.76. The Kier molecular flexibility index (Phi) is 7.87. The van der Waals surface area contributed by atoms with Gasteiger partial charge in [0.25, 0.3) is 0 Å². The van der Waals surface area contributed by atoms with Gasteiger partial charge >= 0.3 is 0 Å². The lowest BCUT2D eigenvalue weighted by Crippen LogP contribution is -2.46. The predicted octanol–water partition coefficient (Wildman–Crippen LogP) is 0.0646. The monoisotopic (exact) mass is 274 g/mol. The number of morpholine rings is 1. The molecule has 0 amide bonds. The quantitative estimate of drug-likeness (QED) is 0.584. The fraction of sp³-hybridized carbons (Fsp3) is 1.00. The maximum Gasteiger partial charge on any atom is 0.0797 e. The van der Waals surface area contributed by atoms with Crippen LogP contribution in [0.3, 0.4) is 0 Å². The molecule has 0 aromatic heterocycles. The highest BCUT2D eigenvalue weighted by atomic mass is 16.5. The first-order valence-electron chi connectivity index (χ1n) is 7.39. The zero-order valence-electron chi connectivity index (χ0n) is 12.5. The number of hydrogen-bond donors (Lipinski definition) is 3. The van der Waals surface area contributed by atoms with Gasteiger partial charge in [-0.05, 0) is 12.3 Å². The fourth-order valence-electron chi connectivity index (χ4n) is 2.39. The van der Waals surface area contributed by atoms with Crippen LogP contribution < -0.4 is 5.32 Å². The third kappa shape index (κ3) is 6.68. The molecule has 3 atom stereocenters. The lowest BCUT2D eigenvalue weighted by molar-refractivity contribution is -0.0516. The van der Waals surface area contributed by atoms with Crippen LogP contribution in [-0.4, -0.2) is 72.8 Å². The van der Waals surface area contributed by atoms with Crippen LogP contribution in [0.25, 0.3) is 0 Å². The minimum absolute atomic E-state index is 0.0729. The summed E-state index contributed by atoms with van der Waals surface area (Å²) in [5, 5.41) is 22.0. The van der Waals surface area contributed by atoms with Crippen molar-refractivity contribution in [2.24, 2.45) is 5.92 Å². The molecular weight excluding hydrogens is 244 g/mol. The van der Waals surface area contributed by atoms with Gasteiger partial charge in [0.1, 0.15) is 0 Å². The van der Waals surface area contributed by atoms with Crippen LogP contribution in [0, 0.1) is 5.92 Å². The standard InChI is InChI=1S/C14H30N2O3/c1-11(2)15-4-5-16-6-7-19-13(9-16)8-12(3)14(18)10-17/h11-15,17-18H,4-10H2,1-3H3. The maximum atomic E-state index is 9.60. The van der Waals surface area contributed by atoms with E-state index in [9.17, 15) is 5.11 Å². The van der Waals surface area contributed by atoms with E-state index >= 15 is 0 Å². The van der Waals surface area contributed by atoms with Crippen molar-refractivity contribution in [1.82, 2.24) is 10.2 Å². The molecule has 0 spiro atoms. The minimum Gasteiger partial charge on any atom is -0.394 e. The van der Waals surface area contributed by atoms with Crippen molar-refractivity contribution in [3.63, 3.8) is 0 Å². The summed E-state index contributed by atoms with van der Waals surface area (Å²) in [5.74, 6) is 0.0729. The Hall–Kier alpha value is -0.200. The van der Waals surface area contributed by atoms with Crippen LogP contribution in [0.15, 0.2) is 0 Å². The highest BCUT2D eigenvalue weighted by Crippen LogP contribution is 2.16. The summed E-state index contributed by atoms with van der Waals surface area (Å²) in [6, 6.07) is 0.525. The molecule has 1 aliphatic rings. The molecule has 1 heterocycles. The third-order valence-electron chi connectivity index (χ3n) is 3.68. The average molecular weight is 274 g/mol. The van der Waals surface area contributed by atoms with Crippen molar-refractivity contribution < 1.29 is 14.9 Å². The van der Waals surface area contributed by atoms with E-state index in [1.807, 2.05) is 6.92 Å². The summed E-state index contributed by atoms with van der Waals surface area (Å²) in [4.78, 5) is 2.40. The second-order valence-corrected chi connectivity index (χ2v) is 5.87. The Morgan fingerprint density at radius 3 is 2.74 bits per heavy atom. The number of ether oxygens (including phenoxy) is 1. The molecule has 3 unspecified atom stereocenters. The van der Waals surface area contributed by atoms with E-state index in [0.29, 0.717) is 6.04 Å². The zero-order valence-corrected chi connectivity index (χ0v) is 12.5. The van der Waals surface area contributed by atoms with Crippen LogP contribution in [0.1, 0.15) is 27.2 Å². The van der Waals surface area contributed by atoms with Gasteiger partial charge in [0.2, 0.25) is 0 Å². The van der Waals surface area contributed by atoms with E-state index in [1.54, 1.807) is 0 Å². The summed E-state index contributed by atoms with van der Waals surface area (Å²) in [6.07, 6.45) is 0.334. The zero-order chi connectivity index (χ0) is 14.3. The summed E-state index contributed by atoms with van der Waals surface area (Å²) >= 11 is 0. The number of nitrogens with one attached hydrogen (secondary N) is 1. The van der Waals surface area contributed by atoms with Crippen LogP contribution in [-0.2, 0) is 4.74 Å². The molecule has 0 aliphatic carbocycles. The average Bonchev–Trinajstić information content (AvgIpc) is 2.37. The van der Waals surface area contributed by atoms with E-state index in [2.05, 4.69) is 24.1 Å². The SMILES string of the molecule is CC(C)NCCN1CCOC(CC(C)C(O)CO)C1. The normalized spacial score (nSPS) is 24.6. The lowest BCUT2D eigenvalue weighted by atomic mass is 9.97. The molecule has 114 valence electrons. The first-order valence-corrected chi connectivity index (χ1v) is 7.39. The molecule has 1 rings (SSSR count). The summed E-state index contributed by atoms with van der Waals surface area (Å²) in [5.41, 5.74) is 0. The Morgan fingerprint density at radius 2 is 2.11 bits per heavy atom. The van der Waals surface area contributed by atoms with Crippen LogP contribution in [0.5, 0.6) is 0 Å². The second-order valence-electron chi connectivity index (χ2n) is 5.87. The number of aliphatic hydroxyl groups excluding tert-OH is 2. The molecule has 1 saturated heterocycles. The number of nitrogens with zero attached hydrogens (tertiary/aromatic N) is 1. The first-order chi connectivity index (χ1) is 9.02. The second kappa shape index (κ2) is 8.87. The minimum atomic E-state index is -0.637. The van der Waals surface area contributed by atoms with Gasteiger partial charge < -0.3 is 20.3 Å². The molecule has 3 N–H and O–H groups in total. The number of rotatable bonds is 8. The Balaban J connectivity index is 2.25. The summed E-state index contributed by atoms with van der Waals surface area (Å²) < 4.78 is 5.75. The molecule has 0 radical (unpaired) electrons. The Labute approximate surface area is 116 Å². The smallest absolute Gasteiger partial charge is 0.0797 e. The van der Waals surface area contributed by atoms with Crippen LogP contribution in [0.4, 0.5) is 0 Å². The number of hydrogen-bond acceptors (Lipinski definition) is 5. The predicted molar refractivity (Wildman–Crippen MR) is 76.2 cm³/mol. The van der Waals surface area contributed by atoms with Gasteiger partial charge in [-0.15, -0.1) is 0 Å². The van der Waals surface area contributed by atoms with E-state index in [4.69, 9.17) is 9.84 Å². The van der Waals surface area contributed by atoms with Gasteiger partial charge in [-0.3, -0.25) is 4.90 Å². The maximum absolute atomic E-state index is 9.60. The van der Waals surface area contributed by atoms with Gasteiger partial charge in [0.05, 0.1) is 25.4 Å². The van der Waals surface area contributed by atoms with E-state index in [-0.39, 0.29) is 18.6 Å². The molecule has 5 heteroatoms. The Morgan fingerprint density at radius 1 is 1.37 bits per heavy atom. The number of aliphatic hydroxyl groups is 2. The van der Waals surface area contributed by atoms with Gasteiger partial charge in [0, 0.05) is 32.2 Å². The highest BCUT2D eigenvalue weighted by Gasteiger charge is 2.24. The largest absolute Gasteiger partial charge is 0.394 e. The lowest BCUT2D eigenvalue weighted by Gasteiger charge is -2.34. The van der Waals surface area contributed by atoms with Crippen molar-refractivity contribution in [3.05, 3.63) is 0 Å². The molecule has 0 saturated carbocycles. The van der Waals surface area contributed by atoms with Crippen LogP contribution >= 0.6 is 0 Å². The van der Waals surface area contributed by atoms with E-state index in [0.717, 1.165) is 39.2 Å². The van der Waals surface area contributed by atoms with Crippen molar-refractivity contribution in [3.8, 4) is 0 Å². The molecule has 19 heavy (non-hydrogen) atoms. The van der Waals surface area contributed by atoms with Gasteiger partial charge in [-0.1, -0.05) is 20.8 Å². The fourth-order valence-corrected chi connectivity index (χ4v) is 2.39. The molecule has 0 aromatic rings. The Bertz CT molecular complexity index is 239. The van der Waals surface area contributed by atoms with Crippen molar-refractivity contribution in [2.75, 3.05) is 39.4 Å². The molecule has 1 fully saturated rings. The van der Waals surface area contributed by atoms with Crippen LogP contribution in [0.2, 0.25) is 0 Å². The molecule has 0 aromatic carbocycles. The first kappa shape index (κ1) is 16.9. The van der Waals surface area contributed by atoms with Crippen molar-refractivity contribution >= 4 is 0 Å². The molecule has 1 aliphatic heterocycles. The van der Waals surface area contributed by atoms with Gasteiger partial charge in [-0.2, -0.15) is 0 Å². The molecule has 5 nitrogen and oxygen atoms in total. The third-order valence-corrected chi connectivity index (χ3v) is 3.68. The topological polar surface area (TPSA) is 65.0 Å². The molecule has 0 bridgehead atoms. The van der Waals surface area contributed by atoms with Crippen molar-refractivity contribution in [2.45, 2.75) is 45.4 Å².